The second-order valence-corrected chi connectivity index (χ2v) is 11.3. The maximum atomic E-state index is 16.0. The van der Waals surface area contributed by atoms with Gasteiger partial charge in [-0.1, -0.05) is 11.6 Å². The molecule has 2 N–H and O–H groups in total. The first kappa shape index (κ1) is 30.2. The Labute approximate surface area is 253 Å². The predicted molar refractivity (Wildman–Crippen MR) is 166 cm³/mol. The van der Waals surface area contributed by atoms with Crippen molar-refractivity contribution in [2.24, 2.45) is 0 Å². The molecule has 0 aliphatic carbocycles. The molecule has 12 heteroatoms. The normalized spacial score (nSPS) is 15.5. The standard InChI is InChI=1S/C28H29ClFN7S.C2H4F2/c29-21-17-24(27(30)26(18-21)34-38-36-13-1-2-14-36)25-19-37(33-28(25)20-7-9-31-10-8-20)23-5-3-22(4-6-23)35-15-11-32-12-16-35;1-2(3)4/h3-10,17-19,32,34H,1-2,11-16H2;2H,1H3. The zero-order valence-corrected chi connectivity index (χ0v) is 24.8. The van der Waals surface area contributed by atoms with E-state index in [4.69, 9.17) is 16.7 Å². The number of nitrogens with zero attached hydrogens (tertiary/aromatic N) is 5. The number of halogens is 4. The minimum absolute atomic E-state index is 0.356. The maximum absolute atomic E-state index is 16.0. The molecule has 0 atom stereocenters. The van der Waals surface area contributed by atoms with E-state index in [2.05, 4.69) is 48.5 Å². The lowest BCUT2D eigenvalue weighted by Gasteiger charge is -2.29. The van der Waals surface area contributed by atoms with Crippen LogP contribution in [0.1, 0.15) is 19.8 Å². The molecular weight excluding hydrogens is 583 g/mol. The van der Waals surface area contributed by atoms with Crippen molar-refractivity contribution in [2.75, 3.05) is 48.9 Å². The van der Waals surface area contributed by atoms with E-state index in [1.165, 1.54) is 17.8 Å². The molecule has 0 saturated carbocycles. The Morgan fingerprint density at radius 3 is 2.24 bits per heavy atom. The van der Waals surface area contributed by atoms with Crippen molar-refractivity contribution in [3.8, 4) is 28.1 Å². The van der Waals surface area contributed by atoms with Crippen LogP contribution in [0.4, 0.5) is 24.5 Å². The van der Waals surface area contributed by atoms with Gasteiger partial charge >= 0.3 is 0 Å². The molecule has 2 aromatic heterocycles. The molecule has 42 heavy (non-hydrogen) atoms. The molecule has 0 amide bonds. The lowest BCUT2D eigenvalue weighted by atomic mass is 10.0. The SMILES string of the molecule is CC(F)F.Fc1c(NSN2CCCC2)cc(Cl)cc1-c1cn(-c2ccc(N3CCNCC3)cc2)nc1-c1ccncc1. The van der Waals surface area contributed by atoms with Gasteiger partial charge in [-0.15, -0.1) is 0 Å². The Hall–Kier alpha value is -3.25. The molecule has 2 saturated heterocycles. The predicted octanol–water partition coefficient (Wildman–Crippen LogP) is 7.15. The highest BCUT2D eigenvalue weighted by Crippen LogP contribution is 2.38. The Morgan fingerprint density at radius 1 is 0.929 bits per heavy atom. The summed E-state index contributed by atoms with van der Waals surface area (Å²) >= 11 is 7.93. The molecule has 0 bridgehead atoms. The molecule has 0 unspecified atom stereocenters. The molecule has 2 aromatic carbocycles. The van der Waals surface area contributed by atoms with Crippen molar-refractivity contribution >= 4 is 35.1 Å². The molecule has 4 aromatic rings. The fourth-order valence-electron chi connectivity index (χ4n) is 4.92. The lowest BCUT2D eigenvalue weighted by Crippen LogP contribution is -2.43. The smallest absolute Gasteiger partial charge is 0.235 e. The van der Waals surface area contributed by atoms with Gasteiger partial charge in [0.2, 0.25) is 6.43 Å². The van der Waals surface area contributed by atoms with Crippen LogP contribution in [0, 0.1) is 5.82 Å². The van der Waals surface area contributed by atoms with Gasteiger partial charge in [-0.2, -0.15) is 5.10 Å². The van der Waals surface area contributed by atoms with Gasteiger partial charge < -0.3 is 14.9 Å². The minimum Gasteiger partial charge on any atom is -0.369 e. The molecular formula is C30H33ClF3N7S. The van der Waals surface area contributed by atoms with E-state index in [1.54, 1.807) is 29.2 Å². The number of aromatic nitrogens is 3. The van der Waals surface area contributed by atoms with Crippen molar-refractivity contribution in [2.45, 2.75) is 26.2 Å². The number of pyridine rings is 1. The van der Waals surface area contributed by atoms with Crippen LogP contribution < -0.4 is 14.9 Å². The summed E-state index contributed by atoms with van der Waals surface area (Å²) in [5.74, 6) is -0.356. The molecule has 4 heterocycles. The highest BCUT2D eigenvalue weighted by atomic mass is 35.5. The van der Waals surface area contributed by atoms with Crippen LogP contribution >= 0.6 is 23.7 Å². The summed E-state index contributed by atoms with van der Waals surface area (Å²) in [7, 11) is 0. The van der Waals surface area contributed by atoms with Crippen molar-refractivity contribution in [3.63, 3.8) is 0 Å². The van der Waals surface area contributed by atoms with Crippen LogP contribution in [0.25, 0.3) is 28.1 Å². The summed E-state index contributed by atoms with van der Waals surface area (Å²) in [4.78, 5) is 6.51. The number of hydrogen-bond acceptors (Lipinski definition) is 7. The Bertz CT molecular complexity index is 1440. The zero-order valence-electron chi connectivity index (χ0n) is 23.2. The van der Waals surface area contributed by atoms with Gasteiger partial charge in [0, 0.05) is 97.4 Å². The number of alkyl halides is 2. The highest BCUT2D eigenvalue weighted by Gasteiger charge is 2.21. The fraction of sp³-hybridized carbons (Fsp3) is 0.333. The minimum atomic E-state index is -2.17. The number of hydrogen-bond donors (Lipinski definition) is 2. The van der Waals surface area contributed by atoms with Crippen molar-refractivity contribution < 1.29 is 13.2 Å². The zero-order chi connectivity index (χ0) is 29.5. The summed E-state index contributed by atoms with van der Waals surface area (Å²) in [5.41, 5.74) is 5.02. The number of anilines is 2. The van der Waals surface area contributed by atoms with Crippen LogP contribution in [0.5, 0.6) is 0 Å². The van der Waals surface area contributed by atoms with Gasteiger partial charge in [-0.05, 0) is 68.3 Å². The molecule has 222 valence electrons. The van der Waals surface area contributed by atoms with Crippen LogP contribution in [0.2, 0.25) is 5.02 Å². The first-order valence-electron chi connectivity index (χ1n) is 13.9. The molecule has 7 nitrogen and oxygen atoms in total. The Morgan fingerprint density at radius 2 is 1.57 bits per heavy atom. The van der Waals surface area contributed by atoms with Crippen molar-refractivity contribution in [1.82, 2.24) is 24.4 Å². The summed E-state index contributed by atoms with van der Waals surface area (Å²) in [6.07, 6.45) is 5.45. The van der Waals surface area contributed by atoms with E-state index in [0.29, 0.717) is 27.5 Å². The van der Waals surface area contributed by atoms with E-state index >= 15 is 4.39 Å². The van der Waals surface area contributed by atoms with E-state index in [1.807, 2.05) is 18.3 Å². The summed E-state index contributed by atoms with van der Waals surface area (Å²) in [6.45, 7) is 6.74. The third-order valence-electron chi connectivity index (χ3n) is 6.94. The summed E-state index contributed by atoms with van der Waals surface area (Å²) < 4.78 is 43.8. The van der Waals surface area contributed by atoms with E-state index in [-0.39, 0.29) is 5.82 Å². The Kier molecular flexibility index (Phi) is 10.3. The van der Waals surface area contributed by atoms with Gasteiger partial charge in [0.05, 0.1) is 11.4 Å². The van der Waals surface area contributed by atoms with Gasteiger partial charge in [-0.3, -0.25) is 4.98 Å². The Balaban J connectivity index is 0.000000830. The van der Waals surface area contributed by atoms with Crippen LogP contribution in [0.3, 0.4) is 0 Å². The quantitative estimate of drug-likeness (QED) is 0.214. The van der Waals surface area contributed by atoms with E-state index in [0.717, 1.165) is 70.3 Å². The second-order valence-electron chi connectivity index (χ2n) is 9.99. The van der Waals surface area contributed by atoms with Crippen molar-refractivity contribution in [3.05, 3.63) is 78.0 Å². The second kappa shape index (κ2) is 14.3. The van der Waals surface area contributed by atoms with Gasteiger partial charge in [-0.25, -0.2) is 22.2 Å². The largest absolute Gasteiger partial charge is 0.369 e. The molecule has 0 spiro atoms. The maximum Gasteiger partial charge on any atom is 0.235 e. The molecule has 2 fully saturated rings. The lowest BCUT2D eigenvalue weighted by molar-refractivity contribution is 0.171. The molecule has 6 rings (SSSR count). The van der Waals surface area contributed by atoms with Gasteiger partial charge in [0.25, 0.3) is 0 Å². The first-order valence-corrected chi connectivity index (χ1v) is 15.1. The van der Waals surface area contributed by atoms with E-state index < -0.39 is 6.43 Å². The summed E-state index contributed by atoms with van der Waals surface area (Å²) in [5, 5.41) is 8.75. The average molecular weight is 616 g/mol. The number of nitrogens with one attached hydrogen (secondary N) is 2. The third kappa shape index (κ3) is 7.57. The van der Waals surface area contributed by atoms with Crippen LogP contribution in [0.15, 0.2) is 67.1 Å². The topological polar surface area (TPSA) is 61.2 Å². The van der Waals surface area contributed by atoms with Gasteiger partial charge in [0.15, 0.2) is 5.82 Å². The number of benzene rings is 2. The third-order valence-corrected chi connectivity index (χ3v) is 8.09. The van der Waals surface area contributed by atoms with Gasteiger partial charge in [0.1, 0.15) is 5.69 Å². The van der Waals surface area contributed by atoms with E-state index in [9.17, 15) is 8.78 Å². The molecule has 0 radical (unpaired) electrons. The number of rotatable bonds is 7. The molecule has 2 aliphatic heterocycles. The van der Waals surface area contributed by atoms with Crippen LogP contribution in [-0.2, 0) is 0 Å². The number of piperazine rings is 1. The highest BCUT2D eigenvalue weighted by molar-refractivity contribution is 7.98. The average Bonchev–Trinajstić information content (AvgIpc) is 3.69. The summed E-state index contributed by atoms with van der Waals surface area (Å²) in [6, 6.07) is 15.4. The fourth-order valence-corrected chi connectivity index (χ4v) is 5.95. The first-order chi connectivity index (χ1) is 20.4. The molecule has 2 aliphatic rings. The van der Waals surface area contributed by atoms with Crippen LogP contribution in [-0.4, -0.2) is 64.8 Å². The monoisotopic (exact) mass is 615 g/mol. The van der Waals surface area contributed by atoms with Crippen molar-refractivity contribution in [1.29, 1.82) is 0 Å².